The SMILES string of the molecule is O=C(O)c1cc(F)c2nc(C34CCC(OCc5c(-c6ccccc6C(F)(F)F)noc5C5CC5)(CC3)CC4)sc2c1. The Bertz CT molecular complexity index is 1650. The minimum atomic E-state index is -4.53. The number of rotatable bonds is 7. The summed E-state index contributed by atoms with van der Waals surface area (Å²) in [5.74, 6) is -1.05. The van der Waals surface area contributed by atoms with E-state index in [0.29, 0.717) is 16.0 Å². The maximum atomic E-state index is 14.6. The molecule has 2 bridgehead atoms. The molecule has 0 unspecified atom stereocenters. The van der Waals surface area contributed by atoms with Crippen LogP contribution in [0.5, 0.6) is 0 Å². The Labute approximate surface area is 236 Å². The van der Waals surface area contributed by atoms with Gasteiger partial charge in [0.2, 0.25) is 0 Å². The van der Waals surface area contributed by atoms with Gasteiger partial charge in [-0.25, -0.2) is 14.2 Å². The van der Waals surface area contributed by atoms with Gasteiger partial charge in [-0.3, -0.25) is 0 Å². The lowest BCUT2D eigenvalue weighted by molar-refractivity contribution is -0.137. The monoisotopic (exact) mass is 586 g/mol. The molecule has 4 fully saturated rings. The summed E-state index contributed by atoms with van der Waals surface area (Å²) in [6.07, 6.45) is 1.86. The molecule has 4 saturated carbocycles. The predicted octanol–water partition coefficient (Wildman–Crippen LogP) is 8.25. The molecule has 0 radical (unpaired) electrons. The van der Waals surface area contributed by atoms with E-state index in [9.17, 15) is 27.5 Å². The highest BCUT2D eigenvalue weighted by Gasteiger charge is 2.52. The van der Waals surface area contributed by atoms with E-state index in [2.05, 4.69) is 10.1 Å². The van der Waals surface area contributed by atoms with Crippen LogP contribution in [0.2, 0.25) is 0 Å². The third-order valence-electron chi connectivity index (χ3n) is 9.10. The summed E-state index contributed by atoms with van der Waals surface area (Å²) in [5.41, 5.74) is -0.512. The molecule has 0 spiro atoms. The van der Waals surface area contributed by atoms with Gasteiger partial charge in [-0.05, 0) is 69.6 Å². The quantitative estimate of drug-likeness (QED) is 0.220. The number of alkyl halides is 3. The van der Waals surface area contributed by atoms with Gasteiger partial charge < -0.3 is 14.4 Å². The minimum Gasteiger partial charge on any atom is -0.478 e. The second-order valence-corrected chi connectivity index (χ2v) is 12.6. The van der Waals surface area contributed by atoms with Crippen LogP contribution in [0.3, 0.4) is 0 Å². The van der Waals surface area contributed by atoms with Crippen LogP contribution in [0, 0.1) is 5.82 Å². The van der Waals surface area contributed by atoms with Gasteiger partial charge in [0.15, 0.2) is 5.82 Å². The summed E-state index contributed by atoms with van der Waals surface area (Å²) in [5, 5.41) is 14.2. The van der Waals surface area contributed by atoms with Gasteiger partial charge in [-0.15, -0.1) is 11.3 Å². The number of halogens is 4. The van der Waals surface area contributed by atoms with Crippen molar-refractivity contribution in [2.45, 2.75) is 81.1 Å². The Balaban J connectivity index is 1.13. The zero-order valence-electron chi connectivity index (χ0n) is 21.9. The Hall–Kier alpha value is -3.31. The molecule has 41 heavy (non-hydrogen) atoms. The van der Waals surface area contributed by atoms with Gasteiger partial charge in [-0.2, -0.15) is 13.2 Å². The number of aromatic carboxylic acids is 1. The van der Waals surface area contributed by atoms with Gasteiger partial charge in [0.25, 0.3) is 0 Å². The highest BCUT2D eigenvalue weighted by Crippen LogP contribution is 2.57. The Morgan fingerprint density at radius 2 is 1.80 bits per heavy atom. The maximum Gasteiger partial charge on any atom is 0.417 e. The van der Waals surface area contributed by atoms with E-state index in [4.69, 9.17) is 9.26 Å². The molecule has 0 amide bonds. The fraction of sp³-hybridized carbons (Fsp3) is 0.433. The van der Waals surface area contributed by atoms with Crippen molar-refractivity contribution in [3.63, 3.8) is 0 Å². The third-order valence-corrected chi connectivity index (χ3v) is 10.4. The molecule has 0 aliphatic heterocycles. The van der Waals surface area contributed by atoms with Gasteiger partial charge >= 0.3 is 12.1 Å². The fourth-order valence-corrected chi connectivity index (χ4v) is 7.82. The predicted molar refractivity (Wildman–Crippen MR) is 142 cm³/mol. The van der Waals surface area contributed by atoms with Crippen molar-refractivity contribution in [1.29, 1.82) is 0 Å². The molecule has 0 atom stereocenters. The molecule has 6 nitrogen and oxygen atoms in total. The van der Waals surface area contributed by atoms with Crippen molar-refractivity contribution in [2.75, 3.05) is 0 Å². The van der Waals surface area contributed by atoms with E-state index in [0.717, 1.165) is 68.5 Å². The number of carboxylic acid groups (broad SMARTS) is 1. The number of nitrogens with zero attached hydrogens (tertiary/aromatic N) is 2. The molecule has 2 aromatic carbocycles. The Morgan fingerprint density at radius 3 is 2.46 bits per heavy atom. The number of ether oxygens (including phenoxy) is 1. The molecule has 4 aliphatic rings. The van der Waals surface area contributed by atoms with E-state index in [1.165, 1.54) is 29.5 Å². The standard InChI is InChI=1S/C30H26F4N2O4S/c31-21-13-17(26(37)38)14-22-24(21)35-27(41-22)28-7-10-29(11-8-28,12-9-28)39-15-19-23(36-40-25(19)16-5-6-16)18-3-1-2-4-20(18)30(32,33)34/h1-4,13-14,16H,5-12,15H2,(H,37,38). The lowest BCUT2D eigenvalue weighted by Gasteiger charge is -2.52. The molecule has 1 N–H and O–H groups in total. The van der Waals surface area contributed by atoms with Crippen LogP contribution in [0.25, 0.3) is 21.5 Å². The average Bonchev–Trinajstić information content (AvgIpc) is 3.55. The Morgan fingerprint density at radius 1 is 1.10 bits per heavy atom. The summed E-state index contributed by atoms with van der Waals surface area (Å²) in [4.78, 5) is 16.0. The number of aromatic nitrogens is 2. The average molecular weight is 587 g/mol. The van der Waals surface area contributed by atoms with E-state index in [1.807, 2.05) is 0 Å². The van der Waals surface area contributed by atoms with E-state index in [-0.39, 0.29) is 40.3 Å². The molecular formula is C30H26F4N2O4S. The summed E-state index contributed by atoms with van der Waals surface area (Å²) in [7, 11) is 0. The van der Waals surface area contributed by atoms with Crippen LogP contribution < -0.4 is 0 Å². The molecule has 4 aliphatic carbocycles. The number of benzene rings is 2. The normalized spacial score (nSPS) is 24.3. The summed E-state index contributed by atoms with van der Waals surface area (Å²) in [6.45, 7) is 0.119. The first-order chi connectivity index (χ1) is 19.6. The molecule has 8 rings (SSSR count). The minimum absolute atomic E-state index is 0.00724. The zero-order chi connectivity index (χ0) is 28.6. The maximum absolute atomic E-state index is 14.6. The highest BCUT2D eigenvalue weighted by molar-refractivity contribution is 7.18. The fourth-order valence-electron chi connectivity index (χ4n) is 6.53. The van der Waals surface area contributed by atoms with Crippen molar-refractivity contribution in [3.8, 4) is 11.3 Å². The molecule has 4 aromatic rings. The first-order valence-corrected chi connectivity index (χ1v) is 14.5. The number of carbonyl (C=O) groups is 1. The van der Waals surface area contributed by atoms with E-state index >= 15 is 0 Å². The van der Waals surface area contributed by atoms with Crippen LogP contribution >= 0.6 is 11.3 Å². The van der Waals surface area contributed by atoms with Crippen LogP contribution in [-0.2, 0) is 22.9 Å². The molecular weight excluding hydrogens is 560 g/mol. The Kier molecular flexibility index (Phi) is 6.06. The number of fused-ring (bicyclic) bond motifs is 4. The van der Waals surface area contributed by atoms with Crippen LogP contribution in [0.1, 0.15) is 89.5 Å². The molecule has 2 aromatic heterocycles. The lowest BCUT2D eigenvalue weighted by Crippen LogP contribution is -2.49. The first kappa shape index (κ1) is 26.6. The van der Waals surface area contributed by atoms with Crippen molar-refractivity contribution < 1.29 is 36.7 Å². The van der Waals surface area contributed by atoms with Crippen molar-refractivity contribution in [3.05, 3.63) is 69.7 Å². The second-order valence-electron chi connectivity index (χ2n) is 11.6. The smallest absolute Gasteiger partial charge is 0.417 e. The van der Waals surface area contributed by atoms with Crippen molar-refractivity contribution >= 4 is 27.5 Å². The second kappa shape index (κ2) is 9.35. The molecule has 0 saturated heterocycles. The van der Waals surface area contributed by atoms with E-state index < -0.39 is 29.1 Å². The summed E-state index contributed by atoms with van der Waals surface area (Å²) in [6, 6.07) is 7.90. The zero-order valence-corrected chi connectivity index (χ0v) is 22.7. The van der Waals surface area contributed by atoms with Gasteiger partial charge in [0.1, 0.15) is 22.0 Å². The third kappa shape index (κ3) is 4.53. The topological polar surface area (TPSA) is 85.5 Å². The lowest BCUT2D eigenvalue weighted by atomic mass is 9.59. The van der Waals surface area contributed by atoms with Gasteiger partial charge in [-0.1, -0.05) is 23.4 Å². The van der Waals surface area contributed by atoms with E-state index in [1.54, 1.807) is 6.07 Å². The molecule has 214 valence electrons. The first-order valence-electron chi connectivity index (χ1n) is 13.7. The number of thiazole rings is 1. The van der Waals surface area contributed by atoms with Gasteiger partial charge in [0, 0.05) is 22.5 Å². The van der Waals surface area contributed by atoms with Crippen LogP contribution in [0.15, 0.2) is 40.9 Å². The summed E-state index contributed by atoms with van der Waals surface area (Å²) >= 11 is 1.36. The number of carboxylic acids is 1. The molecule has 2 heterocycles. The molecule has 11 heteroatoms. The van der Waals surface area contributed by atoms with Gasteiger partial charge in [0.05, 0.1) is 28.0 Å². The summed E-state index contributed by atoms with van der Waals surface area (Å²) < 4.78 is 68.8. The van der Waals surface area contributed by atoms with Crippen LogP contribution in [-0.4, -0.2) is 26.8 Å². The number of hydrogen-bond donors (Lipinski definition) is 1. The number of hydrogen-bond acceptors (Lipinski definition) is 6. The van der Waals surface area contributed by atoms with Crippen molar-refractivity contribution in [1.82, 2.24) is 10.1 Å². The highest BCUT2D eigenvalue weighted by atomic mass is 32.1. The van der Waals surface area contributed by atoms with Crippen LogP contribution in [0.4, 0.5) is 17.6 Å². The van der Waals surface area contributed by atoms with Crippen molar-refractivity contribution in [2.24, 2.45) is 0 Å². The largest absolute Gasteiger partial charge is 0.478 e.